The lowest BCUT2D eigenvalue weighted by Crippen LogP contribution is -2.42. The summed E-state index contributed by atoms with van der Waals surface area (Å²) in [6.45, 7) is 4.59. The summed E-state index contributed by atoms with van der Waals surface area (Å²) >= 11 is 0. The van der Waals surface area contributed by atoms with Crippen LogP contribution in [0.2, 0.25) is 0 Å². The number of nitrogens with zero attached hydrogens (tertiary/aromatic N) is 5. The van der Waals surface area contributed by atoms with Crippen LogP contribution in [-0.2, 0) is 24.3 Å². The maximum atomic E-state index is 12.6. The van der Waals surface area contributed by atoms with Crippen molar-refractivity contribution < 1.29 is 4.79 Å². The molecule has 1 fully saturated rings. The smallest absolute Gasteiger partial charge is 0.345 e. The van der Waals surface area contributed by atoms with Gasteiger partial charge in [0.05, 0.1) is 13.1 Å². The van der Waals surface area contributed by atoms with Crippen molar-refractivity contribution in [3.05, 3.63) is 16.3 Å². The maximum Gasteiger partial charge on any atom is 0.345 e. The zero-order valence-electron chi connectivity index (χ0n) is 16.8. The molecule has 3 heterocycles. The van der Waals surface area contributed by atoms with Crippen LogP contribution < -0.4 is 11.0 Å². The molecule has 1 saturated heterocycles. The molecule has 3 rings (SSSR count). The van der Waals surface area contributed by atoms with Crippen LogP contribution in [-0.4, -0.2) is 76.4 Å². The summed E-state index contributed by atoms with van der Waals surface area (Å²) in [7, 11) is 3.98. The molecule has 0 spiro atoms. The first-order valence-corrected chi connectivity index (χ1v) is 10.4. The average Bonchev–Trinajstić information content (AvgIpc) is 2.83. The Morgan fingerprint density at radius 2 is 1.89 bits per heavy atom. The first-order valence-electron chi connectivity index (χ1n) is 10.4. The molecular formula is C19H34N6O2. The predicted molar refractivity (Wildman–Crippen MR) is 105 cm³/mol. The van der Waals surface area contributed by atoms with E-state index in [9.17, 15) is 9.59 Å². The summed E-state index contributed by atoms with van der Waals surface area (Å²) in [5.74, 6) is 0.966. The number of likely N-dealkylation sites (tertiary alicyclic amines) is 1. The van der Waals surface area contributed by atoms with E-state index in [1.54, 1.807) is 9.25 Å². The molecule has 0 bridgehead atoms. The van der Waals surface area contributed by atoms with Crippen LogP contribution in [0.15, 0.2) is 4.79 Å². The Bertz CT molecular complexity index is 672. The highest BCUT2D eigenvalue weighted by molar-refractivity contribution is 5.78. The molecule has 27 heavy (non-hydrogen) atoms. The van der Waals surface area contributed by atoms with Gasteiger partial charge in [-0.2, -0.15) is 5.10 Å². The standard InChI is InChI=1S/C19H34N6O2/c1-22(2)13-14-25-19(27)24-12-9-16(7-8-17(24)21-25)20-18(26)15-23-10-5-3-4-6-11-23/h16H,3-15H2,1-2H3,(H,20,26). The molecule has 1 aromatic rings. The first-order chi connectivity index (χ1) is 13.0. The Labute approximate surface area is 161 Å². The number of hydrogen-bond donors (Lipinski definition) is 1. The molecular weight excluding hydrogens is 344 g/mol. The third-order valence-corrected chi connectivity index (χ3v) is 5.61. The second-order valence-electron chi connectivity index (χ2n) is 8.16. The minimum atomic E-state index is -0.0246. The van der Waals surface area contributed by atoms with Gasteiger partial charge in [0.25, 0.3) is 0 Å². The van der Waals surface area contributed by atoms with Gasteiger partial charge < -0.3 is 10.2 Å². The number of aryl methyl sites for hydroxylation is 1. The van der Waals surface area contributed by atoms with Crippen molar-refractivity contribution in [3.8, 4) is 0 Å². The van der Waals surface area contributed by atoms with Crippen LogP contribution in [0, 0.1) is 0 Å². The van der Waals surface area contributed by atoms with E-state index in [0.29, 0.717) is 19.6 Å². The third kappa shape index (κ3) is 5.65. The Hall–Kier alpha value is -1.67. The van der Waals surface area contributed by atoms with Crippen molar-refractivity contribution in [2.24, 2.45) is 0 Å². The van der Waals surface area contributed by atoms with Crippen LogP contribution in [0.4, 0.5) is 0 Å². The zero-order valence-corrected chi connectivity index (χ0v) is 16.8. The van der Waals surface area contributed by atoms with E-state index in [0.717, 1.165) is 44.7 Å². The monoisotopic (exact) mass is 378 g/mol. The Kier molecular flexibility index (Phi) is 7.07. The lowest BCUT2D eigenvalue weighted by molar-refractivity contribution is -0.123. The van der Waals surface area contributed by atoms with E-state index < -0.39 is 0 Å². The van der Waals surface area contributed by atoms with Crippen LogP contribution in [0.1, 0.15) is 44.3 Å². The van der Waals surface area contributed by atoms with E-state index in [1.807, 2.05) is 19.0 Å². The van der Waals surface area contributed by atoms with Crippen LogP contribution in [0.3, 0.4) is 0 Å². The van der Waals surface area contributed by atoms with Gasteiger partial charge in [0.2, 0.25) is 5.91 Å². The van der Waals surface area contributed by atoms with Gasteiger partial charge in [-0.15, -0.1) is 0 Å². The Morgan fingerprint density at radius 3 is 2.59 bits per heavy atom. The molecule has 1 aromatic heterocycles. The van der Waals surface area contributed by atoms with Crippen LogP contribution in [0.25, 0.3) is 0 Å². The van der Waals surface area contributed by atoms with Crippen LogP contribution in [0.5, 0.6) is 0 Å². The summed E-state index contributed by atoms with van der Waals surface area (Å²) < 4.78 is 3.37. The number of hydrogen-bond acceptors (Lipinski definition) is 5. The highest BCUT2D eigenvalue weighted by atomic mass is 16.2. The van der Waals surface area contributed by atoms with Crippen LogP contribution >= 0.6 is 0 Å². The minimum absolute atomic E-state index is 0.0246. The summed E-state index contributed by atoms with van der Waals surface area (Å²) in [6, 6.07) is 0.126. The zero-order chi connectivity index (χ0) is 19.2. The topological polar surface area (TPSA) is 75.4 Å². The lowest BCUT2D eigenvalue weighted by atomic mass is 10.1. The molecule has 1 amide bonds. The van der Waals surface area contributed by atoms with Crippen molar-refractivity contribution >= 4 is 5.91 Å². The molecule has 2 aliphatic heterocycles. The molecule has 2 aliphatic rings. The van der Waals surface area contributed by atoms with E-state index >= 15 is 0 Å². The second-order valence-corrected chi connectivity index (χ2v) is 8.16. The van der Waals surface area contributed by atoms with Crippen molar-refractivity contribution in [2.45, 2.75) is 64.1 Å². The number of aromatic nitrogens is 3. The molecule has 152 valence electrons. The van der Waals surface area contributed by atoms with Gasteiger partial charge in [-0.05, 0) is 52.9 Å². The molecule has 8 heteroatoms. The minimum Gasteiger partial charge on any atom is -0.352 e. The highest BCUT2D eigenvalue weighted by Gasteiger charge is 2.23. The molecule has 1 N–H and O–H groups in total. The van der Waals surface area contributed by atoms with Crippen molar-refractivity contribution in [1.82, 2.24) is 29.5 Å². The number of carbonyl (C=O) groups is 1. The van der Waals surface area contributed by atoms with Gasteiger partial charge in [0.1, 0.15) is 5.82 Å². The average molecular weight is 379 g/mol. The number of rotatable bonds is 6. The normalized spacial score (nSPS) is 21.5. The van der Waals surface area contributed by atoms with Gasteiger partial charge in [-0.25, -0.2) is 9.48 Å². The lowest BCUT2D eigenvalue weighted by Gasteiger charge is -2.22. The first kappa shape index (κ1) is 20.1. The molecule has 8 nitrogen and oxygen atoms in total. The van der Waals surface area contributed by atoms with Crippen molar-refractivity contribution in [2.75, 3.05) is 40.3 Å². The third-order valence-electron chi connectivity index (χ3n) is 5.61. The Morgan fingerprint density at radius 1 is 1.15 bits per heavy atom. The highest BCUT2D eigenvalue weighted by Crippen LogP contribution is 2.13. The summed E-state index contributed by atoms with van der Waals surface area (Å²) in [5, 5.41) is 7.71. The van der Waals surface area contributed by atoms with Gasteiger partial charge >= 0.3 is 5.69 Å². The molecule has 0 saturated carbocycles. The van der Waals surface area contributed by atoms with Gasteiger partial charge in [0, 0.05) is 25.6 Å². The number of nitrogens with one attached hydrogen (secondary N) is 1. The van der Waals surface area contributed by atoms with E-state index in [1.165, 1.54) is 25.7 Å². The molecule has 1 unspecified atom stereocenters. The van der Waals surface area contributed by atoms with Gasteiger partial charge in [0.15, 0.2) is 0 Å². The molecule has 1 atom stereocenters. The SMILES string of the molecule is CN(C)CCn1nc2n(c1=O)CCC(NC(=O)CN1CCCCCC1)CC2. The number of amides is 1. The summed E-state index contributed by atoms with van der Waals surface area (Å²) in [5.41, 5.74) is -0.0246. The van der Waals surface area contributed by atoms with E-state index in [-0.39, 0.29) is 17.6 Å². The van der Waals surface area contributed by atoms with Crippen molar-refractivity contribution in [3.63, 3.8) is 0 Å². The number of carbonyl (C=O) groups excluding carboxylic acids is 1. The quantitative estimate of drug-likeness (QED) is 0.771. The van der Waals surface area contributed by atoms with Gasteiger partial charge in [-0.1, -0.05) is 12.8 Å². The summed E-state index contributed by atoms with van der Waals surface area (Å²) in [4.78, 5) is 29.3. The van der Waals surface area contributed by atoms with E-state index in [4.69, 9.17) is 0 Å². The fourth-order valence-electron chi connectivity index (χ4n) is 3.98. The van der Waals surface area contributed by atoms with Gasteiger partial charge in [-0.3, -0.25) is 14.3 Å². The predicted octanol–water partition coefficient (Wildman–Crippen LogP) is 0.304. The number of likely N-dealkylation sites (N-methyl/N-ethyl adjacent to an activating group) is 1. The maximum absolute atomic E-state index is 12.6. The molecule has 0 aliphatic carbocycles. The van der Waals surface area contributed by atoms with E-state index in [2.05, 4.69) is 15.3 Å². The summed E-state index contributed by atoms with van der Waals surface area (Å²) in [6.07, 6.45) is 7.30. The fraction of sp³-hybridized carbons (Fsp3) is 0.842. The fourth-order valence-corrected chi connectivity index (χ4v) is 3.98. The number of fused-ring (bicyclic) bond motifs is 1. The second kappa shape index (κ2) is 9.50. The van der Waals surface area contributed by atoms with Crippen molar-refractivity contribution in [1.29, 1.82) is 0 Å². The largest absolute Gasteiger partial charge is 0.352 e. The molecule has 0 aromatic carbocycles. The molecule has 0 radical (unpaired) electrons. The Balaban J connectivity index is 1.51.